The summed E-state index contributed by atoms with van der Waals surface area (Å²) in [5, 5.41) is 10.7. The van der Waals surface area contributed by atoms with Crippen LogP contribution in [0.2, 0.25) is 5.02 Å². The van der Waals surface area contributed by atoms with Crippen LogP contribution < -0.4 is 9.47 Å². The van der Waals surface area contributed by atoms with Gasteiger partial charge in [-0.2, -0.15) is 0 Å². The number of aliphatic imine (C=N–C) groups is 1. The van der Waals surface area contributed by atoms with Gasteiger partial charge in [0.1, 0.15) is 23.6 Å². The molecule has 9 heteroatoms. The van der Waals surface area contributed by atoms with Crippen molar-refractivity contribution in [1.29, 1.82) is 0 Å². The summed E-state index contributed by atoms with van der Waals surface area (Å²) < 4.78 is 11.7. The highest BCUT2D eigenvalue weighted by molar-refractivity contribution is 6.30. The van der Waals surface area contributed by atoms with E-state index in [-0.39, 0.29) is 24.2 Å². The second-order valence-electron chi connectivity index (χ2n) is 10.1. The maximum Gasteiger partial charge on any atom is 0.326 e. The molecule has 2 aliphatic rings. The van der Waals surface area contributed by atoms with E-state index in [4.69, 9.17) is 26.1 Å². The summed E-state index contributed by atoms with van der Waals surface area (Å²) in [6.45, 7) is 10.1. The fraction of sp³-hybridized carbons (Fsp3) is 0.517. The highest BCUT2D eigenvalue weighted by Gasteiger charge is 2.44. The Labute approximate surface area is 230 Å². The first-order chi connectivity index (χ1) is 18.2. The summed E-state index contributed by atoms with van der Waals surface area (Å²) in [5.74, 6) is 1.90. The fourth-order valence-corrected chi connectivity index (χ4v) is 5.28. The van der Waals surface area contributed by atoms with E-state index in [0.29, 0.717) is 48.5 Å². The molecule has 0 aromatic heterocycles. The van der Waals surface area contributed by atoms with E-state index < -0.39 is 6.23 Å². The van der Waals surface area contributed by atoms with E-state index in [1.54, 1.807) is 14.0 Å². The van der Waals surface area contributed by atoms with Crippen LogP contribution in [-0.4, -0.2) is 83.3 Å². The molecule has 206 valence electrons. The Morgan fingerprint density at radius 1 is 1.11 bits per heavy atom. The van der Waals surface area contributed by atoms with Gasteiger partial charge >= 0.3 is 6.03 Å². The van der Waals surface area contributed by atoms with Crippen LogP contribution in [0, 0.1) is 0 Å². The number of nitrogens with zero attached hydrogens (tertiary/aromatic N) is 4. The number of carbonyl (C=O) groups is 1. The molecule has 1 N–H and O–H groups in total. The van der Waals surface area contributed by atoms with Gasteiger partial charge in [-0.15, -0.1) is 0 Å². The molecule has 3 atom stereocenters. The molecule has 0 spiro atoms. The predicted octanol–water partition coefficient (Wildman–Crippen LogP) is 5.18. The van der Waals surface area contributed by atoms with Crippen LogP contribution in [0.15, 0.2) is 47.5 Å². The number of benzene rings is 2. The Morgan fingerprint density at radius 2 is 1.79 bits per heavy atom. The number of carbonyl (C=O) groups excluding carboxylic acids is 1. The number of ether oxygens (including phenoxy) is 2. The molecule has 2 aromatic carbocycles. The lowest BCUT2D eigenvalue weighted by molar-refractivity contribution is -0.00781. The Morgan fingerprint density at radius 3 is 2.37 bits per heavy atom. The molecule has 0 bridgehead atoms. The number of amides is 2. The van der Waals surface area contributed by atoms with Crippen molar-refractivity contribution in [3.05, 3.63) is 58.6 Å². The zero-order valence-corrected chi connectivity index (χ0v) is 23.7. The molecule has 2 amide bonds. The number of piperazine rings is 1. The maximum absolute atomic E-state index is 14.3. The Balaban J connectivity index is 1.79. The number of methoxy groups -OCH3 is 1. The highest BCUT2D eigenvalue weighted by atomic mass is 35.5. The minimum absolute atomic E-state index is 0.0703. The standard InChI is InChI=1S/C29H39ClN4O4/c1-6-7-25-27(21-8-10-22(30)11-9-21)34(29(36)33-16-14-32(15-17-33)20(4)35)28(31-25)24-13-12-23(37-5)18-26(24)38-19(2)3/h8-13,18-20,25,27,35H,6-7,14-17H2,1-5H3. The quantitative estimate of drug-likeness (QED) is 0.497. The molecule has 3 unspecified atom stereocenters. The number of amidine groups is 1. The molecule has 1 saturated heterocycles. The van der Waals surface area contributed by atoms with Gasteiger partial charge in [0.25, 0.3) is 0 Å². The van der Waals surface area contributed by atoms with Crippen molar-refractivity contribution in [1.82, 2.24) is 14.7 Å². The van der Waals surface area contributed by atoms with E-state index in [2.05, 4.69) is 6.92 Å². The van der Waals surface area contributed by atoms with E-state index in [9.17, 15) is 9.90 Å². The van der Waals surface area contributed by atoms with Gasteiger partial charge in [-0.3, -0.25) is 14.8 Å². The summed E-state index contributed by atoms with van der Waals surface area (Å²) in [5.41, 5.74) is 1.75. The van der Waals surface area contributed by atoms with Crippen LogP contribution in [0.1, 0.15) is 57.7 Å². The van der Waals surface area contributed by atoms with Gasteiger partial charge in [0, 0.05) is 37.3 Å². The third-order valence-electron chi connectivity index (χ3n) is 7.07. The second-order valence-corrected chi connectivity index (χ2v) is 10.6. The zero-order chi connectivity index (χ0) is 27.4. The minimum atomic E-state index is -0.540. The molecule has 2 heterocycles. The Bertz CT molecular complexity index is 1130. The lowest BCUT2D eigenvalue weighted by Crippen LogP contribution is -2.55. The van der Waals surface area contributed by atoms with E-state index in [1.165, 1.54) is 0 Å². The molecule has 0 radical (unpaired) electrons. The van der Waals surface area contributed by atoms with Crippen molar-refractivity contribution in [2.24, 2.45) is 4.99 Å². The molecule has 38 heavy (non-hydrogen) atoms. The molecular formula is C29H39ClN4O4. The SMILES string of the molecule is CCCC1N=C(c2ccc(OC)cc2OC(C)C)N(C(=O)N2CCN(C(C)O)CC2)C1c1ccc(Cl)cc1. The number of hydrogen-bond donors (Lipinski definition) is 1. The first-order valence-corrected chi connectivity index (χ1v) is 13.8. The average Bonchev–Trinajstić information content (AvgIpc) is 3.27. The monoisotopic (exact) mass is 542 g/mol. The number of rotatable bonds is 8. The van der Waals surface area contributed by atoms with Gasteiger partial charge in [-0.05, 0) is 57.0 Å². The van der Waals surface area contributed by atoms with Gasteiger partial charge in [0.2, 0.25) is 0 Å². The molecule has 0 aliphatic carbocycles. The third-order valence-corrected chi connectivity index (χ3v) is 7.32. The molecule has 2 aliphatic heterocycles. The van der Waals surface area contributed by atoms with Crippen LogP contribution >= 0.6 is 11.6 Å². The summed E-state index contributed by atoms with van der Waals surface area (Å²) >= 11 is 6.23. The van der Waals surface area contributed by atoms with Crippen molar-refractivity contribution in [2.45, 2.75) is 65.0 Å². The summed E-state index contributed by atoms with van der Waals surface area (Å²) in [6.07, 6.45) is 1.15. The van der Waals surface area contributed by atoms with Gasteiger partial charge in [-0.25, -0.2) is 4.79 Å². The lowest BCUT2D eigenvalue weighted by Gasteiger charge is -2.39. The summed E-state index contributed by atoms with van der Waals surface area (Å²) in [6, 6.07) is 12.9. The zero-order valence-electron chi connectivity index (χ0n) is 22.9. The van der Waals surface area contributed by atoms with E-state index in [0.717, 1.165) is 24.0 Å². The van der Waals surface area contributed by atoms with Crippen LogP contribution in [0.3, 0.4) is 0 Å². The fourth-order valence-electron chi connectivity index (χ4n) is 5.16. The van der Waals surface area contributed by atoms with Crippen molar-refractivity contribution in [2.75, 3.05) is 33.3 Å². The van der Waals surface area contributed by atoms with Crippen LogP contribution in [0.5, 0.6) is 11.5 Å². The summed E-state index contributed by atoms with van der Waals surface area (Å²) in [7, 11) is 1.62. The van der Waals surface area contributed by atoms with Gasteiger partial charge in [0.15, 0.2) is 0 Å². The lowest BCUT2D eigenvalue weighted by atomic mass is 9.96. The first-order valence-electron chi connectivity index (χ1n) is 13.4. The Hall–Kier alpha value is -2.81. The van der Waals surface area contributed by atoms with Crippen LogP contribution in [-0.2, 0) is 0 Å². The number of urea groups is 1. The first kappa shape index (κ1) is 28.2. The maximum atomic E-state index is 14.3. The normalized spacial score (nSPS) is 21.0. The largest absolute Gasteiger partial charge is 0.497 e. The van der Waals surface area contributed by atoms with E-state index in [1.807, 2.05) is 71.0 Å². The van der Waals surface area contributed by atoms with Crippen molar-refractivity contribution in [3.63, 3.8) is 0 Å². The molecular weight excluding hydrogens is 504 g/mol. The highest BCUT2D eigenvalue weighted by Crippen LogP contribution is 2.40. The summed E-state index contributed by atoms with van der Waals surface area (Å²) in [4.78, 5) is 25.2. The Kier molecular flexibility index (Phi) is 9.18. The predicted molar refractivity (Wildman–Crippen MR) is 150 cm³/mol. The minimum Gasteiger partial charge on any atom is -0.497 e. The molecule has 1 fully saturated rings. The average molecular weight is 543 g/mol. The van der Waals surface area contributed by atoms with Crippen molar-refractivity contribution < 1.29 is 19.4 Å². The van der Waals surface area contributed by atoms with Crippen LogP contribution in [0.25, 0.3) is 0 Å². The third kappa shape index (κ3) is 6.08. The second kappa shape index (κ2) is 12.4. The van der Waals surface area contributed by atoms with Gasteiger partial charge in [-0.1, -0.05) is 37.1 Å². The molecule has 4 rings (SSSR count). The van der Waals surface area contributed by atoms with Gasteiger partial charge in [0.05, 0.1) is 30.9 Å². The number of halogens is 1. The van der Waals surface area contributed by atoms with Gasteiger partial charge < -0.3 is 19.5 Å². The number of hydrogen-bond acceptors (Lipinski definition) is 6. The molecule has 8 nitrogen and oxygen atoms in total. The van der Waals surface area contributed by atoms with Crippen LogP contribution in [0.4, 0.5) is 4.79 Å². The van der Waals surface area contributed by atoms with Crippen molar-refractivity contribution in [3.8, 4) is 11.5 Å². The number of aliphatic hydroxyl groups is 1. The molecule has 0 saturated carbocycles. The number of aliphatic hydroxyl groups excluding tert-OH is 1. The molecule has 2 aromatic rings. The topological polar surface area (TPSA) is 77.8 Å². The smallest absolute Gasteiger partial charge is 0.326 e. The van der Waals surface area contributed by atoms with Crippen molar-refractivity contribution >= 4 is 23.5 Å². The van der Waals surface area contributed by atoms with E-state index >= 15 is 0 Å².